The van der Waals surface area contributed by atoms with E-state index in [4.69, 9.17) is 5.11 Å². The first kappa shape index (κ1) is 14.6. The van der Waals surface area contributed by atoms with Gasteiger partial charge in [0.1, 0.15) is 16.8 Å². The third-order valence-electron chi connectivity index (χ3n) is 1.92. The number of sulfone groups is 1. The number of aliphatic carboxylic acids is 1. The highest BCUT2D eigenvalue weighted by atomic mass is 32.2. The summed E-state index contributed by atoms with van der Waals surface area (Å²) in [5, 5.41) is 12.9. The monoisotopic (exact) mass is 292 g/mol. The third kappa shape index (κ3) is 4.80. The summed E-state index contributed by atoms with van der Waals surface area (Å²) in [6.07, 6.45) is 1.47. The highest BCUT2D eigenvalue weighted by Crippen LogP contribution is 2.10. The molecule has 100 valence electrons. The van der Waals surface area contributed by atoms with Crippen LogP contribution in [0.5, 0.6) is 0 Å². The van der Waals surface area contributed by atoms with Gasteiger partial charge in [-0.05, 0) is 0 Å². The molecule has 1 atom stereocenters. The molecular weight excluding hydrogens is 280 g/mol. The van der Waals surface area contributed by atoms with E-state index >= 15 is 0 Å². The fourth-order valence-electron chi connectivity index (χ4n) is 1.25. The largest absolute Gasteiger partial charge is 0.480 e. The molecule has 2 N–H and O–H groups in total. The summed E-state index contributed by atoms with van der Waals surface area (Å²) in [5.41, 5.74) is 0. The van der Waals surface area contributed by atoms with Crippen molar-refractivity contribution in [1.29, 1.82) is 0 Å². The number of carboxylic acids is 1. The lowest BCUT2D eigenvalue weighted by Gasteiger charge is -2.12. The maximum atomic E-state index is 11.7. The topological polar surface area (TPSA) is 113 Å². The first-order valence-corrected chi connectivity index (χ1v) is 7.59. The molecule has 18 heavy (non-hydrogen) atoms. The summed E-state index contributed by atoms with van der Waals surface area (Å²) in [6.45, 7) is 1.13. The second kappa shape index (κ2) is 5.91. The van der Waals surface area contributed by atoms with Crippen LogP contribution in [0.1, 0.15) is 11.9 Å². The average molecular weight is 292 g/mol. The number of nitrogens with one attached hydrogen (secondary N) is 1. The van der Waals surface area contributed by atoms with E-state index in [-0.39, 0.29) is 5.75 Å². The SMILES string of the molecule is CC(=O)NC(CS(=O)(=O)Cc1nccs1)C(=O)O. The molecule has 0 saturated carbocycles. The number of rotatable bonds is 6. The van der Waals surface area contributed by atoms with Crippen molar-refractivity contribution in [1.82, 2.24) is 10.3 Å². The summed E-state index contributed by atoms with van der Waals surface area (Å²) in [4.78, 5) is 25.4. The molecule has 1 heterocycles. The number of hydrogen-bond acceptors (Lipinski definition) is 6. The van der Waals surface area contributed by atoms with E-state index in [1.165, 1.54) is 17.5 Å². The van der Waals surface area contributed by atoms with Crippen LogP contribution in [-0.4, -0.2) is 42.2 Å². The van der Waals surface area contributed by atoms with Crippen LogP contribution < -0.4 is 5.32 Å². The Bertz CT molecular complexity index is 523. The second-order valence-electron chi connectivity index (χ2n) is 3.57. The van der Waals surface area contributed by atoms with Gasteiger partial charge in [0, 0.05) is 18.5 Å². The number of nitrogens with zero attached hydrogens (tertiary/aromatic N) is 1. The van der Waals surface area contributed by atoms with Crippen LogP contribution in [0.4, 0.5) is 0 Å². The van der Waals surface area contributed by atoms with Gasteiger partial charge >= 0.3 is 5.97 Å². The van der Waals surface area contributed by atoms with Crippen LogP contribution in [0.3, 0.4) is 0 Å². The number of hydrogen-bond donors (Lipinski definition) is 2. The number of thiazole rings is 1. The van der Waals surface area contributed by atoms with Crippen LogP contribution in [0.2, 0.25) is 0 Å². The zero-order valence-electron chi connectivity index (χ0n) is 9.49. The van der Waals surface area contributed by atoms with Crippen molar-refractivity contribution >= 4 is 33.1 Å². The van der Waals surface area contributed by atoms with E-state index in [0.29, 0.717) is 5.01 Å². The van der Waals surface area contributed by atoms with Crippen LogP contribution in [0.15, 0.2) is 11.6 Å². The summed E-state index contributed by atoms with van der Waals surface area (Å²) < 4.78 is 23.5. The lowest BCUT2D eigenvalue weighted by Crippen LogP contribution is -2.44. The van der Waals surface area contributed by atoms with Crippen LogP contribution >= 0.6 is 11.3 Å². The van der Waals surface area contributed by atoms with Gasteiger partial charge in [-0.15, -0.1) is 11.3 Å². The average Bonchev–Trinajstić information content (AvgIpc) is 2.67. The van der Waals surface area contributed by atoms with Crippen molar-refractivity contribution < 1.29 is 23.1 Å². The molecule has 0 radical (unpaired) electrons. The van der Waals surface area contributed by atoms with Gasteiger partial charge < -0.3 is 10.4 Å². The van der Waals surface area contributed by atoms with Crippen molar-refractivity contribution in [2.24, 2.45) is 0 Å². The molecule has 0 bridgehead atoms. The molecule has 7 nitrogen and oxygen atoms in total. The number of aromatic nitrogens is 1. The van der Waals surface area contributed by atoms with Gasteiger partial charge in [-0.1, -0.05) is 0 Å². The third-order valence-corrected chi connectivity index (χ3v) is 4.44. The minimum absolute atomic E-state index is 0.325. The Hall–Kier alpha value is -1.48. The zero-order chi connectivity index (χ0) is 13.8. The molecule has 0 aliphatic heterocycles. The van der Waals surface area contributed by atoms with E-state index in [1.807, 2.05) is 0 Å². The molecule has 0 aliphatic rings. The smallest absolute Gasteiger partial charge is 0.327 e. The Labute approximate surface area is 108 Å². The first-order valence-electron chi connectivity index (χ1n) is 4.89. The molecule has 0 spiro atoms. The number of carbonyl (C=O) groups is 2. The number of carboxylic acid groups (broad SMARTS) is 1. The van der Waals surface area contributed by atoms with Crippen LogP contribution in [0.25, 0.3) is 0 Å². The molecule has 0 saturated heterocycles. The molecule has 0 aromatic carbocycles. The fraction of sp³-hybridized carbons (Fsp3) is 0.444. The van der Waals surface area contributed by atoms with Crippen molar-refractivity contribution in [3.8, 4) is 0 Å². The van der Waals surface area contributed by atoms with Gasteiger partial charge in [-0.3, -0.25) is 4.79 Å². The predicted octanol–water partition coefficient (Wildman–Crippen LogP) is -0.353. The van der Waals surface area contributed by atoms with Gasteiger partial charge in [0.25, 0.3) is 0 Å². The Morgan fingerprint density at radius 2 is 2.22 bits per heavy atom. The molecule has 1 rings (SSSR count). The first-order chi connectivity index (χ1) is 8.30. The minimum Gasteiger partial charge on any atom is -0.480 e. The predicted molar refractivity (Wildman–Crippen MR) is 64.8 cm³/mol. The molecular formula is C9H12N2O5S2. The number of carbonyl (C=O) groups excluding carboxylic acids is 1. The molecule has 0 fully saturated rings. The normalized spacial score (nSPS) is 12.9. The van der Waals surface area contributed by atoms with E-state index in [0.717, 1.165) is 6.92 Å². The zero-order valence-corrected chi connectivity index (χ0v) is 11.1. The molecule has 1 amide bonds. The summed E-state index contributed by atoms with van der Waals surface area (Å²) in [6, 6.07) is -1.44. The van der Waals surface area contributed by atoms with Crippen LogP contribution in [0, 0.1) is 0 Å². The van der Waals surface area contributed by atoms with Gasteiger partial charge in [0.05, 0.1) is 5.75 Å². The highest BCUT2D eigenvalue weighted by molar-refractivity contribution is 7.90. The molecule has 1 aromatic heterocycles. The van der Waals surface area contributed by atoms with Crippen molar-refractivity contribution in [2.45, 2.75) is 18.7 Å². The van der Waals surface area contributed by atoms with Crippen molar-refractivity contribution in [3.63, 3.8) is 0 Å². The lowest BCUT2D eigenvalue weighted by molar-refractivity contribution is -0.140. The summed E-state index contributed by atoms with van der Waals surface area (Å²) >= 11 is 1.17. The Morgan fingerprint density at radius 3 is 2.67 bits per heavy atom. The molecule has 1 aromatic rings. The van der Waals surface area contributed by atoms with Crippen molar-refractivity contribution in [2.75, 3.05) is 5.75 Å². The molecule has 1 unspecified atom stereocenters. The van der Waals surface area contributed by atoms with E-state index in [2.05, 4.69) is 10.3 Å². The molecule has 9 heteroatoms. The summed E-state index contributed by atoms with van der Waals surface area (Å²) in [7, 11) is -3.64. The van der Waals surface area contributed by atoms with Gasteiger partial charge in [-0.2, -0.15) is 0 Å². The van der Waals surface area contributed by atoms with Crippen LogP contribution in [-0.2, 0) is 25.2 Å². The summed E-state index contributed by atoms with van der Waals surface area (Å²) in [5.74, 6) is -2.95. The second-order valence-corrected chi connectivity index (χ2v) is 6.66. The van der Waals surface area contributed by atoms with Gasteiger partial charge in [0.15, 0.2) is 9.84 Å². The fourth-order valence-corrected chi connectivity index (χ4v) is 3.76. The lowest BCUT2D eigenvalue weighted by atomic mass is 10.3. The van der Waals surface area contributed by atoms with E-state index < -0.39 is 33.5 Å². The Balaban J connectivity index is 2.73. The number of amides is 1. The highest BCUT2D eigenvalue weighted by Gasteiger charge is 2.26. The van der Waals surface area contributed by atoms with E-state index in [9.17, 15) is 18.0 Å². The molecule has 0 aliphatic carbocycles. The van der Waals surface area contributed by atoms with Gasteiger partial charge in [-0.25, -0.2) is 18.2 Å². The quantitative estimate of drug-likeness (QED) is 0.740. The minimum atomic E-state index is -3.64. The van der Waals surface area contributed by atoms with E-state index in [1.54, 1.807) is 5.38 Å². The maximum Gasteiger partial charge on any atom is 0.327 e. The maximum absolute atomic E-state index is 11.7. The Kier molecular flexibility index (Phi) is 4.79. The van der Waals surface area contributed by atoms with Gasteiger partial charge in [0.2, 0.25) is 5.91 Å². The standard InChI is InChI=1S/C9H12N2O5S2/c1-6(12)11-7(9(13)14)4-18(15,16)5-8-10-2-3-17-8/h2-3,7H,4-5H2,1H3,(H,11,12)(H,13,14). The Morgan fingerprint density at radius 1 is 1.56 bits per heavy atom. The van der Waals surface area contributed by atoms with Crippen molar-refractivity contribution in [3.05, 3.63) is 16.6 Å².